The lowest BCUT2D eigenvalue weighted by Gasteiger charge is -2.24. The predicted octanol–water partition coefficient (Wildman–Crippen LogP) is 2.67. The number of ether oxygens (including phenoxy) is 1. The van der Waals surface area contributed by atoms with E-state index in [1.807, 2.05) is 30.3 Å². The number of carboxylic acid groups (broad SMARTS) is 1. The number of hydrogen-bond acceptors (Lipinski definition) is 3. The zero-order chi connectivity index (χ0) is 14.6. The van der Waals surface area contributed by atoms with Gasteiger partial charge in [0.05, 0.1) is 5.56 Å². The molecule has 4 heteroatoms. The minimum absolute atomic E-state index is 0.0867. The Balaban J connectivity index is 2.03. The molecule has 2 N–H and O–H groups in total. The van der Waals surface area contributed by atoms with E-state index in [-0.39, 0.29) is 12.2 Å². The molecule has 0 amide bonds. The second kappa shape index (κ2) is 5.75. The van der Waals surface area contributed by atoms with E-state index in [0.29, 0.717) is 5.75 Å². The highest BCUT2D eigenvalue weighted by Gasteiger charge is 2.23. The Hall–Kier alpha value is -2.33. The third kappa shape index (κ3) is 3.36. The molecule has 20 heavy (non-hydrogen) atoms. The van der Waals surface area contributed by atoms with E-state index in [1.54, 1.807) is 19.1 Å². The Morgan fingerprint density at radius 1 is 1.10 bits per heavy atom. The standard InChI is InChI=1S/C16H16O4/c1-16(19,13-5-3-2-4-6-13)11-20-14-9-7-12(8-10-14)15(17)18/h2-10,19H,11H2,1H3,(H,17,18). The fourth-order valence-electron chi connectivity index (χ4n) is 1.80. The number of benzene rings is 2. The molecule has 1 unspecified atom stereocenters. The summed E-state index contributed by atoms with van der Waals surface area (Å²) >= 11 is 0. The maximum Gasteiger partial charge on any atom is 0.335 e. The maximum atomic E-state index is 10.7. The number of aliphatic hydroxyl groups is 1. The van der Waals surface area contributed by atoms with Crippen LogP contribution in [0.25, 0.3) is 0 Å². The van der Waals surface area contributed by atoms with Gasteiger partial charge in [0, 0.05) is 0 Å². The molecule has 0 aromatic heterocycles. The van der Waals surface area contributed by atoms with Crippen molar-refractivity contribution in [2.24, 2.45) is 0 Å². The highest BCUT2D eigenvalue weighted by Crippen LogP contribution is 2.22. The monoisotopic (exact) mass is 272 g/mol. The van der Waals surface area contributed by atoms with Crippen LogP contribution >= 0.6 is 0 Å². The van der Waals surface area contributed by atoms with Crippen molar-refractivity contribution in [1.82, 2.24) is 0 Å². The van der Waals surface area contributed by atoms with Gasteiger partial charge in [-0.05, 0) is 36.8 Å². The van der Waals surface area contributed by atoms with Gasteiger partial charge in [0.2, 0.25) is 0 Å². The van der Waals surface area contributed by atoms with Crippen LogP contribution in [0.2, 0.25) is 0 Å². The van der Waals surface area contributed by atoms with Crippen molar-refractivity contribution in [2.45, 2.75) is 12.5 Å². The normalized spacial score (nSPS) is 13.5. The van der Waals surface area contributed by atoms with E-state index in [1.165, 1.54) is 12.1 Å². The predicted molar refractivity (Wildman–Crippen MR) is 74.9 cm³/mol. The molecule has 2 rings (SSSR count). The Morgan fingerprint density at radius 3 is 2.25 bits per heavy atom. The number of hydrogen-bond donors (Lipinski definition) is 2. The van der Waals surface area contributed by atoms with Crippen LogP contribution in [-0.4, -0.2) is 22.8 Å². The first-order valence-corrected chi connectivity index (χ1v) is 6.23. The van der Waals surface area contributed by atoms with E-state index >= 15 is 0 Å². The first-order chi connectivity index (χ1) is 9.49. The topological polar surface area (TPSA) is 66.8 Å². The molecule has 0 spiro atoms. The highest BCUT2D eigenvalue weighted by atomic mass is 16.5. The molecule has 0 heterocycles. The molecule has 104 valence electrons. The van der Waals surface area contributed by atoms with Crippen LogP contribution < -0.4 is 4.74 Å². The quantitative estimate of drug-likeness (QED) is 0.878. The molecule has 0 aliphatic heterocycles. The average Bonchev–Trinajstić information content (AvgIpc) is 2.46. The van der Waals surface area contributed by atoms with Crippen molar-refractivity contribution in [2.75, 3.05) is 6.61 Å². The second-order valence-electron chi connectivity index (χ2n) is 4.76. The van der Waals surface area contributed by atoms with Gasteiger partial charge in [-0.15, -0.1) is 0 Å². The minimum Gasteiger partial charge on any atom is -0.490 e. The lowest BCUT2D eigenvalue weighted by molar-refractivity contribution is 0.00758. The van der Waals surface area contributed by atoms with Crippen LogP contribution in [0.15, 0.2) is 54.6 Å². The average molecular weight is 272 g/mol. The zero-order valence-electron chi connectivity index (χ0n) is 11.1. The Kier molecular flexibility index (Phi) is 4.05. The SMILES string of the molecule is CC(O)(COc1ccc(C(=O)O)cc1)c1ccccc1. The molecule has 0 saturated carbocycles. The summed E-state index contributed by atoms with van der Waals surface area (Å²) in [7, 11) is 0. The van der Waals surface area contributed by atoms with Gasteiger partial charge in [-0.2, -0.15) is 0 Å². The van der Waals surface area contributed by atoms with E-state index < -0.39 is 11.6 Å². The van der Waals surface area contributed by atoms with Crippen molar-refractivity contribution in [3.05, 3.63) is 65.7 Å². The lowest BCUT2D eigenvalue weighted by Crippen LogP contribution is -2.29. The summed E-state index contributed by atoms with van der Waals surface area (Å²) in [6.45, 7) is 1.76. The van der Waals surface area contributed by atoms with Crippen molar-refractivity contribution in [3.63, 3.8) is 0 Å². The molecule has 0 saturated heterocycles. The first kappa shape index (κ1) is 14.1. The van der Waals surface area contributed by atoms with E-state index in [9.17, 15) is 9.90 Å². The number of aromatic carboxylic acids is 1. The third-order valence-electron chi connectivity index (χ3n) is 3.02. The third-order valence-corrected chi connectivity index (χ3v) is 3.02. The summed E-state index contributed by atoms with van der Waals surface area (Å²) in [5.74, 6) is -0.459. The zero-order valence-corrected chi connectivity index (χ0v) is 11.1. The first-order valence-electron chi connectivity index (χ1n) is 6.23. The molecule has 2 aromatic rings. The second-order valence-corrected chi connectivity index (χ2v) is 4.76. The summed E-state index contributed by atoms with van der Waals surface area (Å²) in [5, 5.41) is 19.2. The van der Waals surface area contributed by atoms with Gasteiger partial charge in [0.25, 0.3) is 0 Å². The van der Waals surface area contributed by atoms with Gasteiger partial charge in [0.15, 0.2) is 0 Å². The Bertz CT molecular complexity index is 573. The highest BCUT2D eigenvalue weighted by molar-refractivity contribution is 5.87. The number of carboxylic acids is 1. The van der Waals surface area contributed by atoms with Crippen molar-refractivity contribution in [1.29, 1.82) is 0 Å². The molecule has 0 radical (unpaired) electrons. The van der Waals surface area contributed by atoms with Crippen LogP contribution in [0.4, 0.5) is 0 Å². The molecular weight excluding hydrogens is 256 g/mol. The van der Waals surface area contributed by atoms with Crippen molar-refractivity contribution >= 4 is 5.97 Å². The fraction of sp³-hybridized carbons (Fsp3) is 0.188. The van der Waals surface area contributed by atoms with Gasteiger partial charge >= 0.3 is 5.97 Å². The number of carbonyl (C=O) groups is 1. The summed E-state index contributed by atoms with van der Waals surface area (Å²) in [5.41, 5.74) is -0.137. The van der Waals surface area contributed by atoms with Crippen LogP contribution in [-0.2, 0) is 5.60 Å². The molecular formula is C16H16O4. The van der Waals surface area contributed by atoms with E-state index in [2.05, 4.69) is 0 Å². The molecule has 2 aromatic carbocycles. The molecule has 0 aliphatic carbocycles. The molecule has 0 bridgehead atoms. The molecule has 0 fully saturated rings. The summed E-state index contributed by atoms with van der Waals surface area (Å²) in [6.07, 6.45) is 0. The van der Waals surface area contributed by atoms with Crippen LogP contribution in [0.5, 0.6) is 5.75 Å². The molecule has 4 nitrogen and oxygen atoms in total. The number of rotatable bonds is 5. The van der Waals surface area contributed by atoms with Gasteiger partial charge < -0.3 is 14.9 Å². The summed E-state index contributed by atoms with van der Waals surface area (Å²) in [4.78, 5) is 10.7. The van der Waals surface area contributed by atoms with E-state index in [4.69, 9.17) is 9.84 Å². The summed E-state index contributed by atoms with van der Waals surface area (Å²) < 4.78 is 5.52. The van der Waals surface area contributed by atoms with Crippen LogP contribution in [0.1, 0.15) is 22.8 Å². The maximum absolute atomic E-state index is 10.7. The van der Waals surface area contributed by atoms with Crippen LogP contribution in [0, 0.1) is 0 Å². The molecule has 0 aliphatic rings. The largest absolute Gasteiger partial charge is 0.490 e. The summed E-state index contributed by atoms with van der Waals surface area (Å²) in [6, 6.07) is 15.3. The van der Waals surface area contributed by atoms with Gasteiger partial charge in [-0.1, -0.05) is 30.3 Å². The van der Waals surface area contributed by atoms with Crippen molar-refractivity contribution in [3.8, 4) is 5.75 Å². The fourth-order valence-corrected chi connectivity index (χ4v) is 1.80. The lowest BCUT2D eigenvalue weighted by atomic mass is 9.97. The smallest absolute Gasteiger partial charge is 0.335 e. The minimum atomic E-state index is -1.10. The van der Waals surface area contributed by atoms with E-state index in [0.717, 1.165) is 5.56 Å². The Labute approximate surface area is 117 Å². The molecule has 1 atom stereocenters. The van der Waals surface area contributed by atoms with Gasteiger partial charge in [-0.25, -0.2) is 4.79 Å². The van der Waals surface area contributed by atoms with Gasteiger partial charge in [-0.3, -0.25) is 0 Å². The Morgan fingerprint density at radius 2 is 1.70 bits per heavy atom. The van der Waals surface area contributed by atoms with Crippen LogP contribution in [0.3, 0.4) is 0 Å². The van der Waals surface area contributed by atoms with Gasteiger partial charge in [0.1, 0.15) is 18.0 Å². The van der Waals surface area contributed by atoms with Crippen molar-refractivity contribution < 1.29 is 19.7 Å².